The number of anilines is 1. The van der Waals surface area contributed by atoms with Crippen molar-refractivity contribution in [3.8, 4) is 17.2 Å². The van der Waals surface area contributed by atoms with Gasteiger partial charge in [0.15, 0.2) is 11.5 Å². The number of nitrogens with zero attached hydrogens (tertiary/aromatic N) is 2. The summed E-state index contributed by atoms with van der Waals surface area (Å²) >= 11 is 0. The van der Waals surface area contributed by atoms with Crippen LogP contribution in [0.2, 0.25) is 0 Å². The zero-order chi connectivity index (χ0) is 15.4. The molecule has 0 aliphatic heterocycles. The van der Waals surface area contributed by atoms with E-state index in [2.05, 4.69) is 9.97 Å². The first-order valence-corrected chi connectivity index (χ1v) is 6.46. The highest BCUT2D eigenvalue weighted by Crippen LogP contribution is 2.38. The van der Waals surface area contributed by atoms with Gasteiger partial charge in [-0.25, -0.2) is 9.97 Å². The predicted molar refractivity (Wildman–Crippen MR) is 80.1 cm³/mol. The molecule has 0 unspecified atom stereocenters. The predicted octanol–water partition coefficient (Wildman–Crippen LogP) is 1.98. The molecule has 2 N–H and O–H groups in total. The first kappa shape index (κ1) is 14.9. The Balaban J connectivity index is 2.40. The van der Waals surface area contributed by atoms with Crippen LogP contribution in [-0.2, 0) is 6.42 Å². The summed E-state index contributed by atoms with van der Waals surface area (Å²) < 4.78 is 16.0. The summed E-state index contributed by atoms with van der Waals surface area (Å²) in [4.78, 5) is 8.34. The highest BCUT2D eigenvalue weighted by molar-refractivity contribution is 5.55. The third kappa shape index (κ3) is 3.16. The molecule has 0 saturated heterocycles. The van der Waals surface area contributed by atoms with Crippen LogP contribution >= 0.6 is 0 Å². The van der Waals surface area contributed by atoms with Crippen LogP contribution in [0.5, 0.6) is 17.2 Å². The van der Waals surface area contributed by atoms with Crippen LogP contribution in [0.1, 0.15) is 17.0 Å². The molecule has 0 atom stereocenters. The van der Waals surface area contributed by atoms with Gasteiger partial charge in [-0.3, -0.25) is 0 Å². The number of hydrogen-bond acceptors (Lipinski definition) is 6. The number of aryl methyl sites for hydroxylation is 1. The largest absolute Gasteiger partial charge is 0.493 e. The second-order valence-corrected chi connectivity index (χ2v) is 4.54. The van der Waals surface area contributed by atoms with Crippen molar-refractivity contribution in [2.75, 3.05) is 27.1 Å². The van der Waals surface area contributed by atoms with Gasteiger partial charge in [-0.1, -0.05) is 0 Å². The van der Waals surface area contributed by atoms with Gasteiger partial charge >= 0.3 is 0 Å². The lowest BCUT2D eigenvalue weighted by atomic mass is 10.1. The summed E-state index contributed by atoms with van der Waals surface area (Å²) in [6, 6.07) is 3.78. The van der Waals surface area contributed by atoms with E-state index < -0.39 is 0 Å². The molecule has 0 aliphatic carbocycles. The fourth-order valence-corrected chi connectivity index (χ4v) is 2.11. The number of nitrogen functional groups attached to an aromatic ring is 1. The smallest absolute Gasteiger partial charge is 0.203 e. The molecule has 0 saturated carbocycles. The highest BCUT2D eigenvalue weighted by atomic mass is 16.5. The summed E-state index contributed by atoms with van der Waals surface area (Å²) in [5.74, 6) is 2.92. The third-order valence-electron chi connectivity index (χ3n) is 3.14. The van der Waals surface area contributed by atoms with Crippen LogP contribution in [0.15, 0.2) is 18.3 Å². The molecule has 0 radical (unpaired) electrons. The molecule has 6 heteroatoms. The summed E-state index contributed by atoms with van der Waals surface area (Å²) in [7, 11) is 4.75. The van der Waals surface area contributed by atoms with Crippen molar-refractivity contribution in [2.45, 2.75) is 13.3 Å². The first-order valence-electron chi connectivity index (χ1n) is 6.46. The van der Waals surface area contributed by atoms with E-state index in [0.717, 1.165) is 11.1 Å². The lowest BCUT2D eigenvalue weighted by Crippen LogP contribution is -2.03. The monoisotopic (exact) mass is 289 g/mol. The average molecular weight is 289 g/mol. The summed E-state index contributed by atoms with van der Waals surface area (Å²) in [5, 5.41) is 0. The lowest BCUT2D eigenvalue weighted by molar-refractivity contribution is 0.324. The number of hydrogen-bond donors (Lipinski definition) is 1. The molecule has 0 bridgehead atoms. The maximum Gasteiger partial charge on any atom is 0.203 e. The maximum absolute atomic E-state index is 5.93. The van der Waals surface area contributed by atoms with Crippen LogP contribution < -0.4 is 19.9 Å². The Labute approximate surface area is 123 Å². The van der Waals surface area contributed by atoms with E-state index in [0.29, 0.717) is 35.3 Å². The molecule has 112 valence electrons. The number of benzene rings is 1. The Hall–Kier alpha value is -2.50. The molecule has 1 aromatic heterocycles. The molecule has 1 heterocycles. The summed E-state index contributed by atoms with van der Waals surface area (Å²) in [6.07, 6.45) is 2.32. The Morgan fingerprint density at radius 1 is 1.05 bits per heavy atom. The Morgan fingerprint density at radius 2 is 1.67 bits per heavy atom. The highest BCUT2D eigenvalue weighted by Gasteiger charge is 2.14. The molecule has 2 aromatic rings. The average Bonchev–Trinajstić information content (AvgIpc) is 2.49. The zero-order valence-electron chi connectivity index (χ0n) is 12.6. The SMILES string of the molecule is COc1cc(Cc2cnc(C)nc2N)cc(OC)c1OC. The van der Waals surface area contributed by atoms with Gasteiger partial charge in [0.05, 0.1) is 21.3 Å². The minimum absolute atomic E-state index is 0.483. The van der Waals surface area contributed by atoms with E-state index in [4.69, 9.17) is 19.9 Å². The van der Waals surface area contributed by atoms with Gasteiger partial charge in [0.1, 0.15) is 11.6 Å². The lowest BCUT2D eigenvalue weighted by Gasteiger charge is -2.14. The molecule has 6 nitrogen and oxygen atoms in total. The number of rotatable bonds is 5. The van der Waals surface area contributed by atoms with Crippen LogP contribution in [0.25, 0.3) is 0 Å². The normalized spacial score (nSPS) is 10.3. The van der Waals surface area contributed by atoms with E-state index in [1.54, 1.807) is 34.4 Å². The molecule has 0 aliphatic rings. The van der Waals surface area contributed by atoms with Crippen molar-refractivity contribution < 1.29 is 14.2 Å². The zero-order valence-corrected chi connectivity index (χ0v) is 12.6. The number of ether oxygens (including phenoxy) is 3. The van der Waals surface area contributed by atoms with E-state index in [-0.39, 0.29) is 0 Å². The van der Waals surface area contributed by atoms with Gasteiger partial charge < -0.3 is 19.9 Å². The van der Waals surface area contributed by atoms with Crippen molar-refractivity contribution >= 4 is 5.82 Å². The Morgan fingerprint density at radius 3 is 2.14 bits per heavy atom. The molecule has 1 aromatic carbocycles. The van der Waals surface area contributed by atoms with Crippen molar-refractivity contribution in [1.29, 1.82) is 0 Å². The second kappa shape index (κ2) is 6.30. The number of nitrogens with two attached hydrogens (primary N) is 1. The first-order chi connectivity index (χ1) is 10.1. The quantitative estimate of drug-likeness (QED) is 0.906. The van der Waals surface area contributed by atoms with Crippen LogP contribution in [0, 0.1) is 6.92 Å². The molecular formula is C15H19N3O3. The standard InChI is InChI=1S/C15H19N3O3/c1-9-17-8-11(15(16)18-9)5-10-6-12(19-2)14(21-4)13(7-10)20-3/h6-8H,5H2,1-4H3,(H2,16,17,18). The maximum atomic E-state index is 5.93. The molecule has 0 amide bonds. The van der Waals surface area contributed by atoms with E-state index in [1.807, 2.05) is 12.1 Å². The van der Waals surface area contributed by atoms with Crippen molar-refractivity contribution in [1.82, 2.24) is 9.97 Å². The van der Waals surface area contributed by atoms with Gasteiger partial charge in [0.25, 0.3) is 0 Å². The van der Waals surface area contributed by atoms with Gasteiger partial charge in [-0.15, -0.1) is 0 Å². The number of aromatic nitrogens is 2. The van der Waals surface area contributed by atoms with E-state index in [9.17, 15) is 0 Å². The summed E-state index contributed by atoms with van der Waals surface area (Å²) in [6.45, 7) is 1.81. The molecule has 0 spiro atoms. The topological polar surface area (TPSA) is 79.5 Å². The number of methoxy groups -OCH3 is 3. The van der Waals surface area contributed by atoms with Crippen LogP contribution in [-0.4, -0.2) is 31.3 Å². The molecular weight excluding hydrogens is 270 g/mol. The van der Waals surface area contributed by atoms with E-state index in [1.165, 1.54) is 0 Å². The van der Waals surface area contributed by atoms with Crippen molar-refractivity contribution in [2.24, 2.45) is 0 Å². The van der Waals surface area contributed by atoms with Crippen molar-refractivity contribution in [3.63, 3.8) is 0 Å². The van der Waals surface area contributed by atoms with Crippen molar-refractivity contribution in [3.05, 3.63) is 35.3 Å². The molecule has 21 heavy (non-hydrogen) atoms. The third-order valence-corrected chi connectivity index (χ3v) is 3.14. The fourth-order valence-electron chi connectivity index (χ4n) is 2.11. The fraction of sp³-hybridized carbons (Fsp3) is 0.333. The summed E-state index contributed by atoms with van der Waals surface area (Å²) in [5.41, 5.74) is 7.76. The Kier molecular flexibility index (Phi) is 4.47. The van der Waals surface area contributed by atoms with Gasteiger partial charge in [0, 0.05) is 18.2 Å². The van der Waals surface area contributed by atoms with Crippen LogP contribution in [0.4, 0.5) is 5.82 Å². The second-order valence-electron chi connectivity index (χ2n) is 4.54. The molecule has 2 rings (SSSR count). The van der Waals surface area contributed by atoms with Gasteiger partial charge in [-0.05, 0) is 24.6 Å². The van der Waals surface area contributed by atoms with Crippen LogP contribution in [0.3, 0.4) is 0 Å². The van der Waals surface area contributed by atoms with Gasteiger partial charge in [0.2, 0.25) is 5.75 Å². The Bertz CT molecular complexity index is 619. The minimum atomic E-state index is 0.483. The molecule has 0 fully saturated rings. The van der Waals surface area contributed by atoms with E-state index >= 15 is 0 Å². The minimum Gasteiger partial charge on any atom is -0.493 e. The van der Waals surface area contributed by atoms with Gasteiger partial charge in [-0.2, -0.15) is 0 Å².